The second kappa shape index (κ2) is 4.67. The highest BCUT2D eigenvalue weighted by Gasteiger charge is 2.20. The van der Waals surface area contributed by atoms with Crippen LogP contribution in [0, 0.1) is 10.1 Å². The Morgan fingerprint density at radius 1 is 1.11 bits per heavy atom. The molecule has 0 saturated carbocycles. The van der Waals surface area contributed by atoms with Crippen LogP contribution in [0.5, 0.6) is 0 Å². The zero-order valence-electron chi connectivity index (χ0n) is 10.2. The van der Waals surface area contributed by atoms with Gasteiger partial charge in [0.25, 0.3) is 5.69 Å². The van der Waals surface area contributed by atoms with Gasteiger partial charge in [-0.05, 0) is 42.0 Å². The maximum absolute atomic E-state index is 11.1. The number of nitrogens with zero attached hydrogens (tertiary/aromatic N) is 1. The summed E-state index contributed by atoms with van der Waals surface area (Å²) >= 11 is 6.15. The summed E-state index contributed by atoms with van der Waals surface area (Å²) in [5, 5.41) is 11.6. The highest BCUT2D eigenvalue weighted by Crippen LogP contribution is 2.38. The number of fused-ring (bicyclic) bond motifs is 1. The first kappa shape index (κ1) is 12.2. The SMILES string of the molecule is O=[N+]([O-])c1cccc(Cl)c1-c1ccc2c(c1)CCC2. The van der Waals surface area contributed by atoms with Crippen molar-refractivity contribution in [2.45, 2.75) is 19.3 Å². The number of rotatable bonds is 2. The number of aryl methyl sites for hydroxylation is 2. The molecular formula is C15H12ClNO2. The molecule has 0 N–H and O–H groups in total. The molecule has 0 aliphatic heterocycles. The molecule has 4 heteroatoms. The van der Waals surface area contributed by atoms with Crippen LogP contribution in [-0.4, -0.2) is 4.92 Å². The molecule has 19 heavy (non-hydrogen) atoms. The van der Waals surface area contributed by atoms with Crippen molar-refractivity contribution in [1.29, 1.82) is 0 Å². The Labute approximate surface area is 116 Å². The van der Waals surface area contributed by atoms with E-state index in [9.17, 15) is 10.1 Å². The normalized spacial score (nSPS) is 13.3. The van der Waals surface area contributed by atoms with Crippen LogP contribution in [0.1, 0.15) is 17.5 Å². The van der Waals surface area contributed by atoms with Crippen LogP contribution >= 0.6 is 11.6 Å². The number of halogens is 1. The van der Waals surface area contributed by atoms with E-state index in [1.54, 1.807) is 12.1 Å². The maximum atomic E-state index is 11.1. The van der Waals surface area contributed by atoms with Crippen LogP contribution in [0.15, 0.2) is 36.4 Å². The number of hydrogen-bond donors (Lipinski definition) is 0. The first-order valence-electron chi connectivity index (χ1n) is 6.22. The van der Waals surface area contributed by atoms with E-state index in [1.807, 2.05) is 12.1 Å². The van der Waals surface area contributed by atoms with Gasteiger partial charge in [-0.1, -0.05) is 35.9 Å². The molecule has 0 unspecified atom stereocenters. The van der Waals surface area contributed by atoms with E-state index in [1.165, 1.54) is 17.2 Å². The molecule has 0 bridgehead atoms. The lowest BCUT2D eigenvalue weighted by atomic mass is 9.99. The molecule has 3 rings (SSSR count). The predicted octanol–water partition coefficient (Wildman–Crippen LogP) is 4.40. The number of nitro groups is 1. The Morgan fingerprint density at radius 3 is 2.68 bits per heavy atom. The molecule has 0 radical (unpaired) electrons. The fraction of sp³-hybridized carbons (Fsp3) is 0.200. The molecule has 0 atom stereocenters. The van der Waals surface area contributed by atoms with Gasteiger partial charge >= 0.3 is 0 Å². The molecule has 0 fully saturated rings. The molecular weight excluding hydrogens is 262 g/mol. The molecule has 2 aromatic carbocycles. The third kappa shape index (κ3) is 2.10. The third-order valence-electron chi connectivity index (χ3n) is 3.58. The Morgan fingerprint density at radius 2 is 1.89 bits per heavy atom. The van der Waals surface area contributed by atoms with E-state index in [0.29, 0.717) is 10.6 Å². The monoisotopic (exact) mass is 273 g/mol. The summed E-state index contributed by atoms with van der Waals surface area (Å²) in [6, 6.07) is 10.8. The van der Waals surface area contributed by atoms with Crippen LogP contribution in [0.4, 0.5) is 5.69 Å². The smallest absolute Gasteiger partial charge is 0.258 e. The van der Waals surface area contributed by atoms with Gasteiger partial charge in [0, 0.05) is 6.07 Å². The van der Waals surface area contributed by atoms with E-state index in [4.69, 9.17) is 11.6 Å². The summed E-state index contributed by atoms with van der Waals surface area (Å²) in [6.07, 6.45) is 3.30. The predicted molar refractivity (Wildman–Crippen MR) is 75.6 cm³/mol. The van der Waals surface area contributed by atoms with E-state index >= 15 is 0 Å². The number of nitro benzene ring substituents is 1. The van der Waals surface area contributed by atoms with Gasteiger partial charge in [-0.15, -0.1) is 0 Å². The van der Waals surface area contributed by atoms with Crippen molar-refractivity contribution >= 4 is 17.3 Å². The molecule has 0 amide bonds. The van der Waals surface area contributed by atoms with Gasteiger partial charge in [-0.3, -0.25) is 10.1 Å². The summed E-state index contributed by atoms with van der Waals surface area (Å²) < 4.78 is 0. The third-order valence-corrected chi connectivity index (χ3v) is 3.89. The lowest BCUT2D eigenvalue weighted by Gasteiger charge is -2.08. The lowest BCUT2D eigenvalue weighted by molar-refractivity contribution is -0.384. The Kier molecular flexibility index (Phi) is 2.99. The summed E-state index contributed by atoms with van der Waals surface area (Å²) in [7, 11) is 0. The van der Waals surface area contributed by atoms with Crippen molar-refractivity contribution in [3.05, 3.63) is 62.7 Å². The number of hydrogen-bond acceptors (Lipinski definition) is 2. The van der Waals surface area contributed by atoms with Crippen molar-refractivity contribution in [3.63, 3.8) is 0 Å². The topological polar surface area (TPSA) is 43.1 Å². The van der Waals surface area contributed by atoms with Crippen molar-refractivity contribution < 1.29 is 4.92 Å². The maximum Gasteiger partial charge on any atom is 0.278 e. The average Bonchev–Trinajstić information content (AvgIpc) is 2.85. The zero-order chi connectivity index (χ0) is 13.4. The molecule has 3 nitrogen and oxygen atoms in total. The van der Waals surface area contributed by atoms with E-state index in [2.05, 4.69) is 6.07 Å². The molecule has 0 aromatic heterocycles. The quantitative estimate of drug-likeness (QED) is 0.601. The van der Waals surface area contributed by atoms with Crippen LogP contribution in [-0.2, 0) is 12.8 Å². The highest BCUT2D eigenvalue weighted by atomic mass is 35.5. The van der Waals surface area contributed by atoms with Crippen LogP contribution in [0.2, 0.25) is 5.02 Å². The van der Waals surface area contributed by atoms with Gasteiger partial charge in [-0.25, -0.2) is 0 Å². The summed E-state index contributed by atoms with van der Waals surface area (Å²) in [5.41, 5.74) is 4.04. The first-order valence-corrected chi connectivity index (χ1v) is 6.59. The fourth-order valence-electron chi connectivity index (χ4n) is 2.68. The Balaban J connectivity index is 2.19. The second-order valence-electron chi connectivity index (χ2n) is 4.73. The molecule has 0 spiro atoms. The minimum absolute atomic E-state index is 0.0606. The van der Waals surface area contributed by atoms with Gasteiger partial charge in [0.1, 0.15) is 0 Å². The largest absolute Gasteiger partial charge is 0.278 e. The zero-order valence-corrected chi connectivity index (χ0v) is 11.0. The first-order chi connectivity index (χ1) is 9.16. The summed E-state index contributed by atoms with van der Waals surface area (Å²) in [6.45, 7) is 0. The van der Waals surface area contributed by atoms with Crippen LogP contribution in [0.25, 0.3) is 11.1 Å². The minimum atomic E-state index is -0.381. The summed E-state index contributed by atoms with van der Waals surface area (Å²) in [4.78, 5) is 10.7. The van der Waals surface area contributed by atoms with Crippen LogP contribution < -0.4 is 0 Å². The van der Waals surface area contributed by atoms with Crippen molar-refractivity contribution in [2.24, 2.45) is 0 Å². The van der Waals surface area contributed by atoms with Crippen LogP contribution in [0.3, 0.4) is 0 Å². The van der Waals surface area contributed by atoms with Crippen molar-refractivity contribution in [3.8, 4) is 11.1 Å². The summed E-state index contributed by atoms with van der Waals surface area (Å²) in [5.74, 6) is 0. The van der Waals surface area contributed by atoms with E-state index < -0.39 is 0 Å². The Hall–Kier alpha value is -1.87. The average molecular weight is 274 g/mol. The molecule has 1 aliphatic carbocycles. The van der Waals surface area contributed by atoms with Crippen molar-refractivity contribution in [2.75, 3.05) is 0 Å². The standard InChI is InChI=1S/C15H12ClNO2/c16-13-5-2-6-14(17(18)19)15(13)12-8-7-10-3-1-4-11(10)9-12/h2,5-9H,1,3-4H2. The van der Waals surface area contributed by atoms with Gasteiger partial charge in [0.15, 0.2) is 0 Å². The van der Waals surface area contributed by atoms with Gasteiger partial charge < -0.3 is 0 Å². The van der Waals surface area contributed by atoms with E-state index in [-0.39, 0.29) is 10.6 Å². The molecule has 2 aromatic rings. The lowest BCUT2D eigenvalue weighted by Crippen LogP contribution is -1.93. The van der Waals surface area contributed by atoms with Crippen molar-refractivity contribution in [1.82, 2.24) is 0 Å². The molecule has 0 heterocycles. The Bertz CT molecular complexity index is 667. The number of benzene rings is 2. The van der Waals surface area contributed by atoms with Gasteiger partial charge in [0.05, 0.1) is 15.5 Å². The highest BCUT2D eigenvalue weighted by molar-refractivity contribution is 6.33. The minimum Gasteiger partial charge on any atom is -0.258 e. The fourth-order valence-corrected chi connectivity index (χ4v) is 2.96. The molecule has 0 saturated heterocycles. The van der Waals surface area contributed by atoms with Gasteiger partial charge in [0.2, 0.25) is 0 Å². The van der Waals surface area contributed by atoms with E-state index in [0.717, 1.165) is 24.8 Å². The molecule has 96 valence electrons. The second-order valence-corrected chi connectivity index (χ2v) is 5.14. The molecule has 1 aliphatic rings. The van der Waals surface area contributed by atoms with Gasteiger partial charge in [-0.2, -0.15) is 0 Å².